The maximum Gasteiger partial charge on any atom is 0.340 e. The third kappa shape index (κ3) is 4.70. The Hall–Kier alpha value is -2.86. The number of rotatable bonds is 7. The van der Waals surface area contributed by atoms with E-state index in [1.807, 2.05) is 55.6 Å². The summed E-state index contributed by atoms with van der Waals surface area (Å²) in [5.41, 5.74) is 3.46. The molecule has 146 valence electrons. The number of carbonyl (C=O) groups is 2. The van der Waals surface area contributed by atoms with Crippen molar-refractivity contribution in [2.75, 3.05) is 0 Å². The fourth-order valence-corrected chi connectivity index (χ4v) is 3.67. The predicted molar refractivity (Wildman–Crippen MR) is 110 cm³/mol. The molecule has 0 spiro atoms. The van der Waals surface area contributed by atoms with Crippen LogP contribution in [0.2, 0.25) is 0 Å². The van der Waals surface area contributed by atoms with Crippen molar-refractivity contribution >= 4 is 23.2 Å². The van der Waals surface area contributed by atoms with Crippen molar-refractivity contribution < 1.29 is 14.3 Å². The van der Waals surface area contributed by atoms with E-state index in [1.165, 1.54) is 0 Å². The Balaban J connectivity index is 1.63. The zero-order chi connectivity index (χ0) is 20.1. The van der Waals surface area contributed by atoms with Crippen LogP contribution in [0, 0.1) is 13.8 Å². The first-order valence-corrected chi connectivity index (χ1v) is 10.1. The van der Waals surface area contributed by atoms with Crippen LogP contribution in [0.1, 0.15) is 39.1 Å². The van der Waals surface area contributed by atoms with Crippen LogP contribution < -0.4 is 5.32 Å². The molecule has 3 rings (SSSR count). The average molecular weight is 397 g/mol. The van der Waals surface area contributed by atoms with Gasteiger partial charge in [-0.25, -0.2) is 4.79 Å². The zero-order valence-electron chi connectivity index (χ0n) is 16.3. The van der Waals surface area contributed by atoms with Crippen molar-refractivity contribution in [2.45, 2.75) is 40.0 Å². The van der Waals surface area contributed by atoms with Crippen LogP contribution in [0.4, 0.5) is 0 Å². The number of esters is 1. The molecule has 2 heterocycles. The fraction of sp³-hybridized carbons (Fsp3) is 0.273. The number of nitrogens with one attached hydrogen (secondary N) is 1. The van der Waals surface area contributed by atoms with Crippen LogP contribution in [-0.4, -0.2) is 22.5 Å². The maximum absolute atomic E-state index is 12.6. The lowest BCUT2D eigenvalue weighted by Crippen LogP contribution is -2.35. The lowest BCUT2D eigenvalue weighted by Gasteiger charge is -2.14. The van der Waals surface area contributed by atoms with Gasteiger partial charge in [-0.1, -0.05) is 36.4 Å². The molecular formula is C22H24N2O3S. The van der Waals surface area contributed by atoms with Crippen LogP contribution in [0.25, 0.3) is 0 Å². The molecule has 0 unspecified atom stereocenters. The minimum absolute atomic E-state index is 0.306. The van der Waals surface area contributed by atoms with Crippen LogP contribution in [-0.2, 0) is 22.6 Å². The number of benzene rings is 1. The highest BCUT2D eigenvalue weighted by Gasteiger charge is 2.22. The topological polar surface area (TPSA) is 60.3 Å². The molecule has 6 heteroatoms. The van der Waals surface area contributed by atoms with E-state index in [4.69, 9.17) is 4.74 Å². The third-order valence-corrected chi connectivity index (χ3v) is 5.52. The summed E-state index contributed by atoms with van der Waals surface area (Å²) in [6, 6.07) is 15.8. The largest absolute Gasteiger partial charge is 0.449 e. The first-order valence-electron chi connectivity index (χ1n) is 9.17. The number of aromatic nitrogens is 1. The monoisotopic (exact) mass is 396 g/mol. The smallest absolute Gasteiger partial charge is 0.340 e. The lowest BCUT2D eigenvalue weighted by molar-refractivity contribution is -0.129. The van der Waals surface area contributed by atoms with E-state index in [2.05, 4.69) is 22.0 Å². The Morgan fingerprint density at radius 2 is 1.89 bits per heavy atom. The van der Waals surface area contributed by atoms with Gasteiger partial charge in [-0.2, -0.15) is 0 Å². The van der Waals surface area contributed by atoms with Gasteiger partial charge in [0, 0.05) is 22.8 Å². The summed E-state index contributed by atoms with van der Waals surface area (Å²) in [5, 5.41) is 4.75. The number of carbonyl (C=O) groups excluding carboxylic acids is 2. The minimum atomic E-state index is -0.857. The average Bonchev–Trinajstić information content (AvgIpc) is 3.30. The van der Waals surface area contributed by atoms with Crippen LogP contribution in [0.3, 0.4) is 0 Å². The summed E-state index contributed by atoms with van der Waals surface area (Å²) in [4.78, 5) is 25.9. The van der Waals surface area contributed by atoms with E-state index < -0.39 is 12.1 Å². The highest BCUT2D eigenvalue weighted by molar-refractivity contribution is 7.09. The fourth-order valence-electron chi connectivity index (χ4n) is 3.03. The number of nitrogens with zero attached hydrogens (tertiary/aromatic N) is 1. The third-order valence-electron chi connectivity index (χ3n) is 4.65. The molecule has 0 saturated carbocycles. The Bertz CT molecular complexity index is 946. The van der Waals surface area contributed by atoms with Crippen molar-refractivity contribution in [3.8, 4) is 0 Å². The summed E-state index contributed by atoms with van der Waals surface area (Å²) in [7, 11) is 0. The van der Waals surface area contributed by atoms with Crippen molar-refractivity contribution in [1.29, 1.82) is 0 Å². The van der Waals surface area contributed by atoms with E-state index >= 15 is 0 Å². The van der Waals surface area contributed by atoms with Gasteiger partial charge < -0.3 is 14.6 Å². The Morgan fingerprint density at radius 3 is 2.57 bits per heavy atom. The standard InChI is InChI=1S/C22H24N2O3S/c1-15-12-20(16(2)24(15)14-18-8-5-4-6-9-18)22(26)27-17(3)21(25)23-13-19-10-7-11-28-19/h4-12,17H,13-14H2,1-3H3,(H,23,25)/t17-/m0/s1. The highest BCUT2D eigenvalue weighted by atomic mass is 32.1. The van der Waals surface area contributed by atoms with Gasteiger partial charge in [0.15, 0.2) is 6.10 Å². The van der Waals surface area contributed by atoms with Gasteiger partial charge in [-0.15, -0.1) is 11.3 Å². The Morgan fingerprint density at radius 1 is 1.14 bits per heavy atom. The van der Waals surface area contributed by atoms with E-state index in [0.717, 1.165) is 21.8 Å². The predicted octanol–water partition coefficient (Wildman–Crippen LogP) is 4.08. The molecule has 1 N–H and O–H groups in total. The zero-order valence-corrected chi connectivity index (χ0v) is 17.1. The first kappa shape index (κ1) is 19.9. The lowest BCUT2D eigenvalue weighted by atomic mass is 10.2. The number of ether oxygens (including phenoxy) is 1. The SMILES string of the molecule is Cc1cc(C(=O)O[C@@H](C)C(=O)NCc2cccs2)c(C)n1Cc1ccccc1. The normalized spacial score (nSPS) is 11.8. The number of hydrogen-bond donors (Lipinski definition) is 1. The molecule has 5 nitrogen and oxygen atoms in total. The molecule has 2 aromatic heterocycles. The minimum Gasteiger partial charge on any atom is -0.449 e. The van der Waals surface area contributed by atoms with E-state index in [0.29, 0.717) is 18.7 Å². The number of hydrogen-bond acceptors (Lipinski definition) is 4. The maximum atomic E-state index is 12.6. The molecule has 0 aliphatic heterocycles. The summed E-state index contributed by atoms with van der Waals surface area (Å²) < 4.78 is 7.48. The number of amides is 1. The Kier molecular flexibility index (Phi) is 6.31. The van der Waals surface area contributed by atoms with E-state index in [1.54, 1.807) is 18.3 Å². The second-order valence-corrected chi connectivity index (χ2v) is 7.73. The van der Waals surface area contributed by atoms with E-state index in [9.17, 15) is 9.59 Å². The van der Waals surface area contributed by atoms with Gasteiger partial charge in [0.05, 0.1) is 12.1 Å². The first-order chi connectivity index (χ1) is 13.5. The molecule has 0 saturated heterocycles. The molecule has 0 fully saturated rings. The van der Waals surface area contributed by atoms with Crippen LogP contribution in [0.5, 0.6) is 0 Å². The van der Waals surface area contributed by atoms with Crippen molar-refractivity contribution in [3.63, 3.8) is 0 Å². The molecule has 0 bridgehead atoms. The van der Waals surface area contributed by atoms with Crippen molar-refractivity contribution in [1.82, 2.24) is 9.88 Å². The van der Waals surface area contributed by atoms with E-state index in [-0.39, 0.29) is 5.91 Å². The summed E-state index contributed by atoms with van der Waals surface area (Å²) in [6.07, 6.45) is -0.857. The van der Waals surface area contributed by atoms with Gasteiger partial charge >= 0.3 is 5.97 Å². The van der Waals surface area contributed by atoms with Gasteiger partial charge in [0.2, 0.25) is 0 Å². The molecule has 1 atom stereocenters. The van der Waals surface area contributed by atoms with Gasteiger partial charge in [-0.05, 0) is 43.8 Å². The van der Waals surface area contributed by atoms with Crippen molar-refractivity contribution in [3.05, 3.63) is 81.3 Å². The molecule has 0 radical (unpaired) electrons. The van der Waals surface area contributed by atoms with Crippen LogP contribution in [0.15, 0.2) is 53.9 Å². The molecule has 0 aliphatic carbocycles. The second-order valence-electron chi connectivity index (χ2n) is 6.70. The molecule has 28 heavy (non-hydrogen) atoms. The highest BCUT2D eigenvalue weighted by Crippen LogP contribution is 2.19. The quantitative estimate of drug-likeness (QED) is 0.612. The number of aryl methyl sites for hydroxylation is 1. The van der Waals surface area contributed by atoms with Gasteiger partial charge in [-0.3, -0.25) is 4.79 Å². The number of thiophene rings is 1. The summed E-state index contributed by atoms with van der Waals surface area (Å²) in [5.74, 6) is -0.786. The molecule has 0 aliphatic rings. The van der Waals surface area contributed by atoms with Crippen LogP contribution >= 0.6 is 11.3 Å². The molecule has 3 aromatic rings. The van der Waals surface area contributed by atoms with Crippen molar-refractivity contribution in [2.24, 2.45) is 0 Å². The molecular weight excluding hydrogens is 372 g/mol. The summed E-state index contributed by atoms with van der Waals surface area (Å²) >= 11 is 1.57. The Labute approximate surface area is 169 Å². The summed E-state index contributed by atoms with van der Waals surface area (Å²) in [6.45, 7) is 6.56. The van der Waals surface area contributed by atoms with Gasteiger partial charge in [0.25, 0.3) is 5.91 Å². The molecule has 1 amide bonds. The second kappa shape index (κ2) is 8.89. The van der Waals surface area contributed by atoms with Gasteiger partial charge in [0.1, 0.15) is 0 Å². The molecule has 1 aromatic carbocycles.